The van der Waals surface area contributed by atoms with Gasteiger partial charge in [-0.15, -0.1) is 0 Å². The summed E-state index contributed by atoms with van der Waals surface area (Å²) in [5.74, 6) is -0.854. The first-order valence-electron chi connectivity index (χ1n) is 5.18. The van der Waals surface area contributed by atoms with Crippen molar-refractivity contribution in [3.63, 3.8) is 0 Å². The Morgan fingerprint density at radius 1 is 1.40 bits per heavy atom. The van der Waals surface area contributed by atoms with Crippen LogP contribution in [-0.4, -0.2) is 17.6 Å². The van der Waals surface area contributed by atoms with E-state index in [4.69, 9.17) is 10.8 Å². The summed E-state index contributed by atoms with van der Waals surface area (Å²) in [5.41, 5.74) is 7.69. The third-order valence-electron chi connectivity index (χ3n) is 2.45. The molecular formula is C12H17NO2. The quantitative estimate of drug-likeness (QED) is 0.725. The lowest BCUT2D eigenvalue weighted by Gasteiger charge is -2.05. The van der Waals surface area contributed by atoms with Gasteiger partial charge in [-0.3, -0.25) is 0 Å². The SMILES string of the molecule is Cc1ccc(CCCCN)cc1C(=O)O. The summed E-state index contributed by atoms with van der Waals surface area (Å²) in [5, 5.41) is 8.94. The molecule has 3 nitrogen and oxygen atoms in total. The molecule has 0 aliphatic carbocycles. The highest BCUT2D eigenvalue weighted by atomic mass is 16.4. The van der Waals surface area contributed by atoms with Gasteiger partial charge in [-0.05, 0) is 49.9 Å². The van der Waals surface area contributed by atoms with Crippen LogP contribution in [0.15, 0.2) is 18.2 Å². The van der Waals surface area contributed by atoms with Crippen molar-refractivity contribution >= 4 is 5.97 Å². The third kappa shape index (κ3) is 3.36. The van der Waals surface area contributed by atoms with Crippen molar-refractivity contribution in [2.75, 3.05) is 6.54 Å². The van der Waals surface area contributed by atoms with E-state index in [0.29, 0.717) is 12.1 Å². The van der Waals surface area contributed by atoms with E-state index in [9.17, 15) is 4.79 Å². The van der Waals surface area contributed by atoms with Crippen molar-refractivity contribution < 1.29 is 9.90 Å². The number of carboxylic acid groups (broad SMARTS) is 1. The summed E-state index contributed by atoms with van der Waals surface area (Å²) >= 11 is 0. The molecule has 1 rings (SSSR count). The molecule has 0 aliphatic heterocycles. The van der Waals surface area contributed by atoms with Crippen molar-refractivity contribution in [3.8, 4) is 0 Å². The van der Waals surface area contributed by atoms with E-state index in [0.717, 1.165) is 30.4 Å². The van der Waals surface area contributed by atoms with E-state index in [-0.39, 0.29) is 0 Å². The van der Waals surface area contributed by atoms with Crippen molar-refractivity contribution in [2.45, 2.75) is 26.2 Å². The van der Waals surface area contributed by atoms with E-state index in [1.165, 1.54) is 0 Å². The van der Waals surface area contributed by atoms with Crippen LogP contribution in [0.3, 0.4) is 0 Å². The van der Waals surface area contributed by atoms with Gasteiger partial charge in [0.1, 0.15) is 0 Å². The Kier molecular flexibility index (Phi) is 4.31. The topological polar surface area (TPSA) is 63.3 Å². The predicted molar refractivity (Wildman–Crippen MR) is 60.1 cm³/mol. The van der Waals surface area contributed by atoms with Crippen LogP contribution < -0.4 is 5.73 Å². The number of aryl methyl sites for hydroxylation is 2. The maximum absolute atomic E-state index is 10.9. The summed E-state index contributed by atoms with van der Waals surface area (Å²) in [6.45, 7) is 2.50. The van der Waals surface area contributed by atoms with Crippen molar-refractivity contribution in [1.82, 2.24) is 0 Å². The molecule has 0 saturated carbocycles. The number of unbranched alkanes of at least 4 members (excludes halogenated alkanes) is 1. The Morgan fingerprint density at radius 2 is 2.13 bits per heavy atom. The molecule has 3 heteroatoms. The minimum absolute atomic E-state index is 0.403. The zero-order valence-corrected chi connectivity index (χ0v) is 8.99. The second-order valence-electron chi connectivity index (χ2n) is 3.70. The minimum atomic E-state index is -0.854. The Morgan fingerprint density at radius 3 is 2.73 bits per heavy atom. The van der Waals surface area contributed by atoms with E-state index < -0.39 is 5.97 Å². The average Bonchev–Trinajstić information content (AvgIpc) is 2.20. The number of nitrogens with two attached hydrogens (primary N) is 1. The second kappa shape index (κ2) is 5.51. The molecule has 0 unspecified atom stereocenters. The molecule has 82 valence electrons. The Labute approximate surface area is 89.9 Å². The largest absolute Gasteiger partial charge is 0.478 e. The Hall–Kier alpha value is -1.35. The standard InChI is InChI=1S/C12H17NO2/c1-9-5-6-10(4-2-3-7-13)8-11(9)12(14)15/h5-6,8H,2-4,7,13H2,1H3,(H,14,15). The molecule has 0 atom stereocenters. The molecule has 0 fully saturated rings. The van der Waals surface area contributed by atoms with Gasteiger partial charge in [-0.2, -0.15) is 0 Å². The van der Waals surface area contributed by atoms with Crippen molar-refractivity contribution in [1.29, 1.82) is 0 Å². The van der Waals surface area contributed by atoms with Gasteiger partial charge in [-0.1, -0.05) is 12.1 Å². The highest BCUT2D eigenvalue weighted by Crippen LogP contribution is 2.13. The molecule has 1 aromatic rings. The van der Waals surface area contributed by atoms with E-state index in [1.807, 2.05) is 19.1 Å². The summed E-state index contributed by atoms with van der Waals surface area (Å²) in [6, 6.07) is 5.60. The molecular weight excluding hydrogens is 190 g/mol. The molecule has 15 heavy (non-hydrogen) atoms. The number of carbonyl (C=O) groups is 1. The van der Waals surface area contributed by atoms with E-state index >= 15 is 0 Å². The fourth-order valence-electron chi connectivity index (χ4n) is 1.53. The Bertz CT molecular complexity index is 347. The lowest BCUT2D eigenvalue weighted by atomic mass is 10.0. The van der Waals surface area contributed by atoms with E-state index in [1.54, 1.807) is 6.07 Å². The molecule has 0 spiro atoms. The van der Waals surface area contributed by atoms with Gasteiger partial charge >= 0.3 is 5.97 Å². The zero-order valence-electron chi connectivity index (χ0n) is 8.99. The average molecular weight is 207 g/mol. The van der Waals surface area contributed by atoms with Crippen LogP contribution in [0.25, 0.3) is 0 Å². The highest BCUT2D eigenvalue weighted by Gasteiger charge is 2.07. The summed E-state index contributed by atoms with van der Waals surface area (Å²) in [4.78, 5) is 10.9. The van der Waals surface area contributed by atoms with Crippen LogP contribution in [0.2, 0.25) is 0 Å². The van der Waals surface area contributed by atoms with Crippen LogP contribution in [0.5, 0.6) is 0 Å². The van der Waals surface area contributed by atoms with Crippen LogP contribution in [0.1, 0.15) is 34.3 Å². The van der Waals surface area contributed by atoms with Gasteiger partial charge < -0.3 is 10.8 Å². The van der Waals surface area contributed by atoms with Crippen LogP contribution >= 0.6 is 0 Å². The molecule has 0 aromatic heterocycles. The highest BCUT2D eigenvalue weighted by molar-refractivity contribution is 5.89. The molecule has 0 heterocycles. The van der Waals surface area contributed by atoms with Gasteiger partial charge in [0, 0.05) is 0 Å². The van der Waals surface area contributed by atoms with Gasteiger partial charge in [0.15, 0.2) is 0 Å². The maximum atomic E-state index is 10.9. The normalized spacial score (nSPS) is 10.3. The first-order valence-corrected chi connectivity index (χ1v) is 5.18. The van der Waals surface area contributed by atoms with E-state index in [2.05, 4.69) is 0 Å². The molecule has 1 aromatic carbocycles. The number of rotatable bonds is 5. The number of hydrogen-bond acceptors (Lipinski definition) is 2. The molecule has 0 bridgehead atoms. The lowest BCUT2D eigenvalue weighted by Crippen LogP contribution is -2.02. The summed E-state index contributed by atoms with van der Waals surface area (Å²) in [7, 11) is 0. The molecule has 3 N–H and O–H groups in total. The molecule has 0 saturated heterocycles. The van der Waals surface area contributed by atoms with Gasteiger partial charge in [-0.25, -0.2) is 4.79 Å². The summed E-state index contributed by atoms with van der Waals surface area (Å²) in [6.07, 6.45) is 2.90. The smallest absolute Gasteiger partial charge is 0.335 e. The third-order valence-corrected chi connectivity index (χ3v) is 2.45. The predicted octanol–water partition coefficient (Wildman–Crippen LogP) is 1.97. The van der Waals surface area contributed by atoms with Crippen LogP contribution in [0, 0.1) is 6.92 Å². The first-order chi connectivity index (χ1) is 7.15. The first kappa shape index (κ1) is 11.7. The molecule has 0 aliphatic rings. The molecule has 0 radical (unpaired) electrons. The maximum Gasteiger partial charge on any atom is 0.335 e. The number of aromatic carboxylic acids is 1. The number of hydrogen-bond donors (Lipinski definition) is 2. The fourth-order valence-corrected chi connectivity index (χ4v) is 1.53. The van der Waals surface area contributed by atoms with Gasteiger partial charge in [0.2, 0.25) is 0 Å². The summed E-state index contributed by atoms with van der Waals surface area (Å²) < 4.78 is 0. The zero-order chi connectivity index (χ0) is 11.3. The van der Waals surface area contributed by atoms with Crippen molar-refractivity contribution in [3.05, 3.63) is 34.9 Å². The monoisotopic (exact) mass is 207 g/mol. The van der Waals surface area contributed by atoms with Gasteiger partial charge in [0.05, 0.1) is 5.56 Å². The lowest BCUT2D eigenvalue weighted by molar-refractivity contribution is 0.0696. The van der Waals surface area contributed by atoms with Crippen molar-refractivity contribution in [2.24, 2.45) is 5.73 Å². The van der Waals surface area contributed by atoms with Gasteiger partial charge in [0.25, 0.3) is 0 Å². The second-order valence-corrected chi connectivity index (χ2v) is 3.70. The van der Waals surface area contributed by atoms with Crippen LogP contribution in [0.4, 0.5) is 0 Å². The van der Waals surface area contributed by atoms with Crippen LogP contribution in [-0.2, 0) is 6.42 Å². The number of benzene rings is 1. The molecule has 0 amide bonds. The Balaban J connectivity index is 2.74. The minimum Gasteiger partial charge on any atom is -0.478 e. The number of carboxylic acids is 1. The fraction of sp³-hybridized carbons (Fsp3) is 0.417.